The Morgan fingerprint density at radius 2 is 1.85 bits per heavy atom. The number of nitrogens with one attached hydrogen (secondary N) is 2. The van der Waals surface area contributed by atoms with Crippen LogP contribution in [0.3, 0.4) is 0 Å². The molecule has 5 heteroatoms. The third-order valence-electron chi connectivity index (χ3n) is 3.93. The Balaban J connectivity index is 2.29. The van der Waals surface area contributed by atoms with Crippen molar-refractivity contribution < 1.29 is 14.7 Å². The Kier molecular flexibility index (Phi) is 7.59. The lowest BCUT2D eigenvalue weighted by atomic mass is 9.88. The molecule has 2 atom stereocenters. The molecule has 0 saturated heterocycles. The van der Waals surface area contributed by atoms with E-state index in [4.69, 9.17) is 5.11 Å². The third-order valence-corrected chi connectivity index (χ3v) is 3.93. The van der Waals surface area contributed by atoms with Gasteiger partial charge in [0.2, 0.25) is 11.8 Å². The molecule has 3 N–H and O–H groups in total. The summed E-state index contributed by atoms with van der Waals surface area (Å²) >= 11 is 0. The number of hydrogen-bond donors (Lipinski definition) is 3. The van der Waals surface area contributed by atoms with Crippen LogP contribution in [-0.2, 0) is 9.59 Å². The highest BCUT2D eigenvalue weighted by molar-refractivity contribution is 5.81. The standard InChI is InChI=1S/C15H28N2O3/c1-3-13(10-18)17-14(19)9-11(2)16-15(20)12-7-5-4-6-8-12/h11-13,18H,3-10H2,1-2H3,(H,16,20)(H,17,19). The minimum Gasteiger partial charge on any atom is -0.394 e. The molecule has 2 unspecified atom stereocenters. The van der Waals surface area contributed by atoms with E-state index < -0.39 is 0 Å². The van der Waals surface area contributed by atoms with Crippen molar-refractivity contribution in [2.75, 3.05) is 6.61 Å². The van der Waals surface area contributed by atoms with Gasteiger partial charge in [-0.2, -0.15) is 0 Å². The normalized spacial score (nSPS) is 19.1. The van der Waals surface area contributed by atoms with E-state index in [1.165, 1.54) is 6.42 Å². The van der Waals surface area contributed by atoms with Crippen molar-refractivity contribution in [3.63, 3.8) is 0 Å². The Hall–Kier alpha value is -1.10. The minimum absolute atomic E-state index is 0.0505. The van der Waals surface area contributed by atoms with Gasteiger partial charge in [0.1, 0.15) is 0 Å². The van der Waals surface area contributed by atoms with E-state index in [0.717, 1.165) is 25.7 Å². The van der Waals surface area contributed by atoms with E-state index >= 15 is 0 Å². The van der Waals surface area contributed by atoms with E-state index in [0.29, 0.717) is 6.42 Å². The second-order valence-corrected chi connectivity index (χ2v) is 5.80. The van der Waals surface area contributed by atoms with Gasteiger partial charge in [-0.3, -0.25) is 9.59 Å². The summed E-state index contributed by atoms with van der Waals surface area (Å²) < 4.78 is 0. The van der Waals surface area contributed by atoms with E-state index in [1.807, 2.05) is 13.8 Å². The van der Waals surface area contributed by atoms with Crippen LogP contribution in [0.5, 0.6) is 0 Å². The molecule has 0 heterocycles. The smallest absolute Gasteiger partial charge is 0.223 e. The van der Waals surface area contributed by atoms with E-state index in [-0.39, 0.29) is 42.8 Å². The molecule has 0 bridgehead atoms. The Bertz CT molecular complexity index is 310. The molecule has 20 heavy (non-hydrogen) atoms. The minimum atomic E-state index is -0.191. The quantitative estimate of drug-likeness (QED) is 0.660. The molecule has 1 saturated carbocycles. The number of aliphatic hydroxyl groups excluding tert-OH is 1. The fraction of sp³-hybridized carbons (Fsp3) is 0.867. The second kappa shape index (κ2) is 8.95. The van der Waals surface area contributed by atoms with Gasteiger partial charge in [-0.15, -0.1) is 0 Å². The van der Waals surface area contributed by atoms with Crippen molar-refractivity contribution in [2.45, 2.75) is 70.9 Å². The van der Waals surface area contributed by atoms with E-state index in [2.05, 4.69) is 10.6 Å². The van der Waals surface area contributed by atoms with Crippen LogP contribution in [-0.4, -0.2) is 35.6 Å². The average molecular weight is 284 g/mol. The molecular weight excluding hydrogens is 256 g/mol. The van der Waals surface area contributed by atoms with Gasteiger partial charge < -0.3 is 15.7 Å². The highest BCUT2D eigenvalue weighted by Gasteiger charge is 2.23. The Labute approximate surface area is 121 Å². The molecule has 0 aromatic carbocycles. The molecule has 0 aromatic rings. The van der Waals surface area contributed by atoms with Crippen LogP contribution in [0.25, 0.3) is 0 Å². The van der Waals surface area contributed by atoms with Crippen molar-refractivity contribution in [2.24, 2.45) is 5.92 Å². The largest absolute Gasteiger partial charge is 0.394 e. The molecule has 5 nitrogen and oxygen atoms in total. The van der Waals surface area contributed by atoms with Crippen molar-refractivity contribution >= 4 is 11.8 Å². The summed E-state index contributed by atoms with van der Waals surface area (Å²) in [6.45, 7) is 3.71. The van der Waals surface area contributed by atoms with Crippen LogP contribution in [0.1, 0.15) is 58.8 Å². The van der Waals surface area contributed by atoms with Crippen LogP contribution in [0.4, 0.5) is 0 Å². The van der Waals surface area contributed by atoms with Crippen LogP contribution in [0.15, 0.2) is 0 Å². The fourth-order valence-electron chi connectivity index (χ4n) is 2.62. The molecule has 1 rings (SSSR count). The molecule has 0 aliphatic heterocycles. The van der Waals surface area contributed by atoms with Gasteiger partial charge in [-0.25, -0.2) is 0 Å². The van der Waals surface area contributed by atoms with Gasteiger partial charge in [-0.05, 0) is 26.2 Å². The molecule has 1 fully saturated rings. The number of aliphatic hydroxyl groups is 1. The van der Waals surface area contributed by atoms with Gasteiger partial charge in [0.25, 0.3) is 0 Å². The van der Waals surface area contributed by atoms with Gasteiger partial charge in [-0.1, -0.05) is 26.2 Å². The van der Waals surface area contributed by atoms with Crippen molar-refractivity contribution in [1.82, 2.24) is 10.6 Å². The van der Waals surface area contributed by atoms with E-state index in [9.17, 15) is 9.59 Å². The zero-order valence-electron chi connectivity index (χ0n) is 12.7. The molecular formula is C15H28N2O3. The molecule has 116 valence electrons. The topological polar surface area (TPSA) is 78.4 Å². The van der Waals surface area contributed by atoms with Gasteiger partial charge in [0.05, 0.1) is 12.6 Å². The lowest BCUT2D eigenvalue weighted by Crippen LogP contribution is -2.43. The molecule has 1 aliphatic rings. The number of carbonyl (C=O) groups excluding carboxylic acids is 2. The van der Waals surface area contributed by atoms with Crippen LogP contribution < -0.4 is 10.6 Å². The number of hydrogen-bond acceptors (Lipinski definition) is 3. The maximum absolute atomic E-state index is 12.0. The lowest BCUT2D eigenvalue weighted by Gasteiger charge is -2.23. The monoisotopic (exact) mass is 284 g/mol. The molecule has 0 aromatic heterocycles. The second-order valence-electron chi connectivity index (χ2n) is 5.80. The average Bonchev–Trinajstić information content (AvgIpc) is 2.45. The first-order valence-corrected chi connectivity index (χ1v) is 7.77. The van der Waals surface area contributed by atoms with Gasteiger partial charge >= 0.3 is 0 Å². The Morgan fingerprint density at radius 1 is 1.20 bits per heavy atom. The molecule has 2 amide bonds. The SMILES string of the molecule is CCC(CO)NC(=O)CC(C)NC(=O)C1CCCCC1. The first-order chi connectivity index (χ1) is 9.56. The number of amides is 2. The first kappa shape index (κ1) is 17.0. The van der Waals surface area contributed by atoms with Crippen LogP contribution in [0.2, 0.25) is 0 Å². The maximum atomic E-state index is 12.0. The summed E-state index contributed by atoms with van der Waals surface area (Å²) in [4.78, 5) is 23.8. The third kappa shape index (κ3) is 5.90. The van der Waals surface area contributed by atoms with Gasteiger partial charge in [0, 0.05) is 18.4 Å². The predicted molar refractivity (Wildman–Crippen MR) is 78.1 cm³/mol. The highest BCUT2D eigenvalue weighted by Crippen LogP contribution is 2.23. The molecule has 0 radical (unpaired) electrons. The zero-order valence-corrected chi connectivity index (χ0v) is 12.7. The highest BCUT2D eigenvalue weighted by atomic mass is 16.3. The van der Waals surface area contributed by atoms with E-state index in [1.54, 1.807) is 0 Å². The summed E-state index contributed by atoms with van der Waals surface area (Å²) in [6, 6.07) is -0.357. The summed E-state index contributed by atoms with van der Waals surface area (Å²) in [5, 5.41) is 14.7. The van der Waals surface area contributed by atoms with Crippen molar-refractivity contribution in [3.8, 4) is 0 Å². The lowest BCUT2D eigenvalue weighted by molar-refractivity contribution is -0.127. The number of carbonyl (C=O) groups is 2. The first-order valence-electron chi connectivity index (χ1n) is 7.77. The number of rotatable bonds is 7. The summed E-state index contributed by atoms with van der Waals surface area (Å²) in [5.41, 5.74) is 0. The summed E-state index contributed by atoms with van der Waals surface area (Å²) in [7, 11) is 0. The van der Waals surface area contributed by atoms with Crippen LogP contribution >= 0.6 is 0 Å². The van der Waals surface area contributed by atoms with Crippen LogP contribution in [0, 0.1) is 5.92 Å². The van der Waals surface area contributed by atoms with Crippen molar-refractivity contribution in [3.05, 3.63) is 0 Å². The summed E-state index contributed by atoms with van der Waals surface area (Å²) in [5.74, 6) is 0.0802. The summed E-state index contributed by atoms with van der Waals surface area (Å²) in [6.07, 6.45) is 6.37. The maximum Gasteiger partial charge on any atom is 0.223 e. The predicted octanol–water partition coefficient (Wildman–Crippen LogP) is 1.35. The van der Waals surface area contributed by atoms with Gasteiger partial charge in [0.15, 0.2) is 0 Å². The fourth-order valence-corrected chi connectivity index (χ4v) is 2.62. The Morgan fingerprint density at radius 3 is 2.40 bits per heavy atom. The molecule has 1 aliphatic carbocycles. The zero-order chi connectivity index (χ0) is 15.0. The molecule has 0 spiro atoms. The van der Waals surface area contributed by atoms with Crippen molar-refractivity contribution in [1.29, 1.82) is 0 Å².